The van der Waals surface area contributed by atoms with Crippen LogP contribution >= 0.6 is 0 Å². The summed E-state index contributed by atoms with van der Waals surface area (Å²) in [5, 5.41) is 15.4. The molecule has 2 atom stereocenters. The molecule has 0 bridgehead atoms. The quantitative estimate of drug-likeness (QED) is 0.688. The topological polar surface area (TPSA) is 64.6 Å². The first-order chi connectivity index (χ1) is 10.8. The Morgan fingerprint density at radius 2 is 1.78 bits per heavy atom. The van der Waals surface area contributed by atoms with Crippen molar-refractivity contribution in [2.24, 2.45) is 5.92 Å². The van der Waals surface area contributed by atoms with E-state index in [-0.39, 0.29) is 24.1 Å². The number of amides is 2. The molecule has 2 unspecified atom stereocenters. The van der Waals surface area contributed by atoms with E-state index in [0.29, 0.717) is 19.5 Å². The molecule has 1 rings (SSSR count). The van der Waals surface area contributed by atoms with Crippen LogP contribution in [0.3, 0.4) is 0 Å². The van der Waals surface area contributed by atoms with Gasteiger partial charge in [0.25, 0.3) is 0 Å². The Bertz CT molecular complexity index is 472. The highest BCUT2D eigenvalue weighted by Crippen LogP contribution is 2.17. The Hall–Kier alpha value is -1.59. The van der Waals surface area contributed by atoms with Crippen molar-refractivity contribution in [1.82, 2.24) is 15.5 Å². The summed E-state index contributed by atoms with van der Waals surface area (Å²) in [6.07, 6.45) is 0.192. The summed E-state index contributed by atoms with van der Waals surface area (Å²) >= 11 is 0. The Morgan fingerprint density at radius 1 is 1.17 bits per heavy atom. The molecule has 1 aromatic rings. The van der Waals surface area contributed by atoms with Gasteiger partial charge in [-0.15, -0.1) is 0 Å². The Balaban J connectivity index is 2.43. The molecule has 0 aliphatic rings. The van der Waals surface area contributed by atoms with Crippen molar-refractivity contribution in [3.05, 3.63) is 35.4 Å². The first kappa shape index (κ1) is 19.5. The van der Waals surface area contributed by atoms with Crippen molar-refractivity contribution in [2.75, 3.05) is 27.2 Å². The number of carbonyl (C=O) groups excluding carboxylic acids is 1. The zero-order valence-electron chi connectivity index (χ0n) is 15.0. The lowest BCUT2D eigenvalue weighted by Gasteiger charge is -2.25. The summed E-state index contributed by atoms with van der Waals surface area (Å²) < 4.78 is 0. The molecule has 3 N–H and O–H groups in total. The van der Waals surface area contributed by atoms with E-state index in [0.717, 1.165) is 0 Å². The van der Waals surface area contributed by atoms with Crippen LogP contribution in [0.5, 0.6) is 0 Å². The SMILES string of the molecule is Cc1ccc(C(CNC(=O)NCCC(O)C(C)C)N(C)C)cc1. The van der Waals surface area contributed by atoms with Gasteiger partial charge in [-0.1, -0.05) is 43.7 Å². The molecule has 0 saturated carbocycles. The lowest BCUT2D eigenvalue weighted by Crippen LogP contribution is -2.41. The third kappa shape index (κ3) is 7.01. The fourth-order valence-corrected chi connectivity index (χ4v) is 2.31. The first-order valence-corrected chi connectivity index (χ1v) is 8.24. The number of carbonyl (C=O) groups is 1. The molecule has 0 aromatic heterocycles. The highest BCUT2D eigenvalue weighted by molar-refractivity contribution is 5.73. The summed E-state index contributed by atoms with van der Waals surface area (Å²) in [6.45, 7) is 7.00. The monoisotopic (exact) mass is 321 g/mol. The van der Waals surface area contributed by atoms with Crippen LogP contribution in [-0.2, 0) is 0 Å². The van der Waals surface area contributed by atoms with Crippen LogP contribution in [-0.4, -0.2) is 49.3 Å². The first-order valence-electron chi connectivity index (χ1n) is 8.24. The van der Waals surface area contributed by atoms with Crippen LogP contribution in [0.2, 0.25) is 0 Å². The van der Waals surface area contributed by atoms with Crippen molar-refractivity contribution in [3.63, 3.8) is 0 Å². The van der Waals surface area contributed by atoms with Gasteiger partial charge in [0.2, 0.25) is 0 Å². The summed E-state index contributed by atoms with van der Waals surface area (Å²) in [7, 11) is 4.01. The van der Waals surface area contributed by atoms with Gasteiger partial charge in [0.15, 0.2) is 0 Å². The molecule has 5 heteroatoms. The average Bonchev–Trinajstić information content (AvgIpc) is 2.48. The minimum atomic E-state index is -0.377. The van der Waals surface area contributed by atoms with Crippen LogP contribution in [0.25, 0.3) is 0 Å². The average molecular weight is 321 g/mol. The van der Waals surface area contributed by atoms with Gasteiger partial charge in [-0.2, -0.15) is 0 Å². The van der Waals surface area contributed by atoms with E-state index in [1.807, 2.05) is 27.9 Å². The molecule has 5 nitrogen and oxygen atoms in total. The summed E-state index contributed by atoms with van der Waals surface area (Å²) in [5.74, 6) is 0.208. The normalized spacial score (nSPS) is 13.9. The number of hydrogen-bond donors (Lipinski definition) is 3. The zero-order chi connectivity index (χ0) is 17.4. The standard InChI is InChI=1S/C18H31N3O2/c1-13(2)17(22)10-11-19-18(23)20-12-16(21(4)5)15-8-6-14(3)7-9-15/h6-9,13,16-17,22H,10-12H2,1-5H3,(H2,19,20,23). The third-order valence-electron chi connectivity index (χ3n) is 4.04. The second-order valence-electron chi connectivity index (χ2n) is 6.63. The number of nitrogens with one attached hydrogen (secondary N) is 2. The van der Waals surface area contributed by atoms with Gasteiger partial charge in [-0.25, -0.2) is 4.79 Å². The van der Waals surface area contributed by atoms with Crippen molar-refractivity contribution in [2.45, 2.75) is 39.3 Å². The van der Waals surface area contributed by atoms with Gasteiger partial charge in [0.05, 0.1) is 12.1 Å². The number of nitrogens with zero attached hydrogens (tertiary/aromatic N) is 1. The third-order valence-corrected chi connectivity index (χ3v) is 4.04. The van der Waals surface area contributed by atoms with E-state index >= 15 is 0 Å². The fraction of sp³-hybridized carbons (Fsp3) is 0.611. The molecular formula is C18H31N3O2. The minimum Gasteiger partial charge on any atom is -0.393 e. The second-order valence-corrected chi connectivity index (χ2v) is 6.63. The molecule has 2 amide bonds. The molecule has 0 aliphatic carbocycles. The molecule has 0 heterocycles. The van der Waals surface area contributed by atoms with Crippen LogP contribution < -0.4 is 10.6 Å². The number of aliphatic hydroxyl groups excluding tert-OH is 1. The maximum atomic E-state index is 11.9. The Morgan fingerprint density at radius 3 is 2.30 bits per heavy atom. The van der Waals surface area contributed by atoms with E-state index < -0.39 is 0 Å². The molecule has 23 heavy (non-hydrogen) atoms. The maximum Gasteiger partial charge on any atom is 0.314 e. The molecule has 0 fully saturated rings. The zero-order valence-corrected chi connectivity index (χ0v) is 15.0. The summed E-state index contributed by atoms with van der Waals surface area (Å²) in [5.41, 5.74) is 2.40. The molecule has 1 aromatic carbocycles. The number of rotatable bonds is 8. The number of aryl methyl sites for hydroxylation is 1. The smallest absolute Gasteiger partial charge is 0.314 e. The van der Waals surface area contributed by atoms with Crippen LogP contribution in [0.4, 0.5) is 4.79 Å². The second kappa shape index (κ2) is 9.53. The van der Waals surface area contributed by atoms with E-state index in [9.17, 15) is 9.90 Å². The summed E-state index contributed by atoms with van der Waals surface area (Å²) in [4.78, 5) is 14.0. The lowest BCUT2D eigenvalue weighted by molar-refractivity contribution is 0.116. The van der Waals surface area contributed by atoms with Gasteiger partial charge in [-0.05, 0) is 38.9 Å². The van der Waals surface area contributed by atoms with E-state index in [4.69, 9.17) is 0 Å². The molecule has 130 valence electrons. The Kier molecular flexibility index (Phi) is 8.06. The summed E-state index contributed by atoms with van der Waals surface area (Å²) in [6, 6.07) is 8.29. The van der Waals surface area contributed by atoms with Crippen LogP contribution in [0.15, 0.2) is 24.3 Å². The van der Waals surface area contributed by atoms with E-state index in [2.05, 4.69) is 46.7 Å². The van der Waals surface area contributed by atoms with Crippen molar-refractivity contribution < 1.29 is 9.90 Å². The number of likely N-dealkylation sites (N-methyl/N-ethyl adjacent to an activating group) is 1. The number of aliphatic hydroxyl groups is 1. The minimum absolute atomic E-state index is 0.127. The van der Waals surface area contributed by atoms with Gasteiger partial charge in [-0.3, -0.25) is 0 Å². The van der Waals surface area contributed by atoms with Gasteiger partial charge < -0.3 is 20.6 Å². The van der Waals surface area contributed by atoms with Gasteiger partial charge in [0.1, 0.15) is 0 Å². The highest BCUT2D eigenvalue weighted by atomic mass is 16.3. The van der Waals surface area contributed by atoms with Gasteiger partial charge in [0, 0.05) is 13.1 Å². The van der Waals surface area contributed by atoms with E-state index in [1.54, 1.807) is 0 Å². The molecule has 0 spiro atoms. The van der Waals surface area contributed by atoms with Crippen molar-refractivity contribution >= 4 is 6.03 Å². The molecular weight excluding hydrogens is 290 g/mol. The number of hydrogen-bond acceptors (Lipinski definition) is 3. The van der Waals surface area contributed by atoms with Crippen LogP contribution in [0.1, 0.15) is 37.4 Å². The number of benzene rings is 1. The molecule has 0 aliphatic heterocycles. The maximum absolute atomic E-state index is 11.9. The molecule has 0 radical (unpaired) electrons. The van der Waals surface area contributed by atoms with E-state index in [1.165, 1.54) is 11.1 Å². The molecule has 0 saturated heterocycles. The van der Waals surface area contributed by atoms with Crippen LogP contribution in [0, 0.1) is 12.8 Å². The van der Waals surface area contributed by atoms with Crippen molar-refractivity contribution in [3.8, 4) is 0 Å². The predicted molar refractivity (Wildman–Crippen MR) is 94.5 cm³/mol. The number of urea groups is 1. The lowest BCUT2D eigenvalue weighted by atomic mass is 10.0. The Labute approximate surface area is 140 Å². The highest BCUT2D eigenvalue weighted by Gasteiger charge is 2.15. The van der Waals surface area contributed by atoms with Gasteiger partial charge >= 0.3 is 6.03 Å². The fourth-order valence-electron chi connectivity index (χ4n) is 2.31. The van der Waals surface area contributed by atoms with Crippen molar-refractivity contribution in [1.29, 1.82) is 0 Å². The predicted octanol–water partition coefficient (Wildman–Crippen LogP) is 2.30. The largest absolute Gasteiger partial charge is 0.393 e.